The maximum absolute atomic E-state index is 13.1. The van der Waals surface area contributed by atoms with Crippen LogP contribution in [-0.4, -0.2) is 34.0 Å². The van der Waals surface area contributed by atoms with E-state index in [-0.39, 0.29) is 11.5 Å². The van der Waals surface area contributed by atoms with Gasteiger partial charge in [0.2, 0.25) is 0 Å². The van der Waals surface area contributed by atoms with Crippen LogP contribution in [0, 0.1) is 0 Å². The molecule has 1 saturated heterocycles. The minimum atomic E-state index is -1.03. The molecule has 2 aliphatic rings. The number of piperidine rings is 1. The molecule has 6 heteroatoms. The van der Waals surface area contributed by atoms with Crippen LogP contribution in [0.15, 0.2) is 72.8 Å². The third kappa shape index (κ3) is 4.77. The van der Waals surface area contributed by atoms with Gasteiger partial charge in [-0.25, -0.2) is 4.79 Å². The zero-order chi connectivity index (χ0) is 25.2. The molecule has 3 aromatic carbocycles. The molecule has 2 aliphatic heterocycles. The van der Waals surface area contributed by atoms with Crippen molar-refractivity contribution < 1.29 is 14.7 Å². The second-order valence-corrected chi connectivity index (χ2v) is 9.76. The summed E-state index contributed by atoms with van der Waals surface area (Å²) >= 11 is 0. The van der Waals surface area contributed by atoms with Gasteiger partial charge in [-0.1, -0.05) is 55.0 Å². The number of carbonyl (C=O) groups is 2. The van der Waals surface area contributed by atoms with E-state index < -0.39 is 5.97 Å². The molecule has 3 aromatic rings. The summed E-state index contributed by atoms with van der Waals surface area (Å²) in [4.78, 5) is 27.1. The van der Waals surface area contributed by atoms with Crippen LogP contribution in [-0.2, 0) is 11.3 Å². The molecular formula is C30H31N3O3. The highest BCUT2D eigenvalue weighted by Crippen LogP contribution is 2.38. The number of fused-ring (bicyclic) bond motifs is 1. The summed E-state index contributed by atoms with van der Waals surface area (Å²) in [5.41, 5.74) is 5.52. The SMILES string of the molecule is CC1CCCC(C)N1Cc1ccc(N/C(=C2\C(=O)Nc3cc(C(=O)O)ccc32)c2ccccc2)cc1. The Morgan fingerprint density at radius 3 is 2.33 bits per heavy atom. The molecule has 5 rings (SSSR count). The molecule has 0 aliphatic carbocycles. The van der Waals surface area contributed by atoms with Crippen molar-refractivity contribution in [2.24, 2.45) is 0 Å². The van der Waals surface area contributed by atoms with E-state index in [0.717, 1.165) is 17.8 Å². The molecule has 6 nitrogen and oxygen atoms in total. The number of anilines is 2. The summed E-state index contributed by atoms with van der Waals surface area (Å²) in [5.74, 6) is -1.29. The van der Waals surface area contributed by atoms with Crippen molar-refractivity contribution in [3.8, 4) is 0 Å². The maximum Gasteiger partial charge on any atom is 0.335 e. The average molecular weight is 482 g/mol. The Morgan fingerprint density at radius 1 is 0.972 bits per heavy atom. The highest BCUT2D eigenvalue weighted by molar-refractivity contribution is 6.37. The van der Waals surface area contributed by atoms with Crippen molar-refractivity contribution in [1.29, 1.82) is 0 Å². The fourth-order valence-electron chi connectivity index (χ4n) is 5.27. The van der Waals surface area contributed by atoms with Crippen molar-refractivity contribution in [2.45, 2.75) is 51.7 Å². The van der Waals surface area contributed by atoms with E-state index in [1.165, 1.54) is 37.0 Å². The number of nitrogens with one attached hydrogen (secondary N) is 2. The van der Waals surface area contributed by atoms with Crippen molar-refractivity contribution >= 4 is 34.5 Å². The maximum atomic E-state index is 13.1. The molecule has 0 radical (unpaired) electrons. The molecule has 0 bridgehead atoms. The first-order chi connectivity index (χ1) is 17.4. The zero-order valence-electron chi connectivity index (χ0n) is 20.6. The Balaban J connectivity index is 1.47. The fraction of sp³-hybridized carbons (Fsp3) is 0.267. The normalized spacial score (nSPS) is 21.0. The van der Waals surface area contributed by atoms with Crippen LogP contribution >= 0.6 is 0 Å². The number of likely N-dealkylation sites (tertiary alicyclic amines) is 1. The Hall–Kier alpha value is -3.90. The van der Waals surface area contributed by atoms with Crippen LogP contribution < -0.4 is 10.6 Å². The fourth-order valence-corrected chi connectivity index (χ4v) is 5.27. The second-order valence-electron chi connectivity index (χ2n) is 9.76. The van der Waals surface area contributed by atoms with Gasteiger partial charge in [0.15, 0.2) is 0 Å². The Bertz CT molecular complexity index is 1310. The molecule has 2 atom stereocenters. The van der Waals surface area contributed by atoms with E-state index in [1.54, 1.807) is 6.07 Å². The summed E-state index contributed by atoms with van der Waals surface area (Å²) in [5, 5.41) is 15.7. The number of rotatable bonds is 6. The minimum absolute atomic E-state index is 0.137. The average Bonchev–Trinajstić information content (AvgIpc) is 3.21. The molecule has 3 N–H and O–H groups in total. The first-order valence-electron chi connectivity index (χ1n) is 12.5. The molecule has 2 heterocycles. The first kappa shape index (κ1) is 23.8. The quantitative estimate of drug-likeness (QED) is 0.372. The standard InChI is InChI=1S/C30H31N3O3/c1-19-7-6-8-20(2)33(19)18-21-11-14-24(15-12-21)31-28(22-9-4-3-5-10-22)27-25-16-13-23(30(35)36)17-26(25)32-29(27)34/h3-5,9-17,19-20,31H,6-8,18H2,1-2H3,(H,32,34)(H,35,36)/b28-27-. The van der Waals surface area contributed by atoms with Crippen LogP contribution in [0.4, 0.5) is 11.4 Å². The number of benzene rings is 3. The molecule has 1 amide bonds. The minimum Gasteiger partial charge on any atom is -0.478 e. The van der Waals surface area contributed by atoms with Crippen LogP contribution in [0.25, 0.3) is 11.3 Å². The Morgan fingerprint density at radius 2 is 1.67 bits per heavy atom. The van der Waals surface area contributed by atoms with E-state index in [0.29, 0.717) is 34.6 Å². The first-order valence-corrected chi connectivity index (χ1v) is 12.5. The van der Waals surface area contributed by atoms with E-state index >= 15 is 0 Å². The predicted octanol–water partition coefficient (Wildman–Crippen LogP) is 6.08. The lowest BCUT2D eigenvalue weighted by atomic mass is 9.96. The van der Waals surface area contributed by atoms with Gasteiger partial charge in [0.1, 0.15) is 0 Å². The van der Waals surface area contributed by atoms with Crippen molar-refractivity contribution in [1.82, 2.24) is 4.90 Å². The molecule has 1 fully saturated rings. The monoisotopic (exact) mass is 481 g/mol. The van der Waals surface area contributed by atoms with Crippen LogP contribution in [0.3, 0.4) is 0 Å². The number of amides is 1. The third-order valence-corrected chi connectivity index (χ3v) is 7.29. The smallest absolute Gasteiger partial charge is 0.335 e. The van der Waals surface area contributed by atoms with Gasteiger partial charge in [-0.15, -0.1) is 0 Å². The number of hydrogen-bond donors (Lipinski definition) is 3. The summed E-state index contributed by atoms with van der Waals surface area (Å²) in [6, 6.07) is 24.0. The van der Waals surface area contributed by atoms with Gasteiger partial charge in [0.05, 0.1) is 22.5 Å². The summed E-state index contributed by atoms with van der Waals surface area (Å²) in [7, 11) is 0. The van der Waals surface area contributed by atoms with E-state index in [9.17, 15) is 14.7 Å². The van der Waals surface area contributed by atoms with Gasteiger partial charge in [-0.2, -0.15) is 0 Å². The van der Waals surface area contributed by atoms with Gasteiger partial charge in [0.25, 0.3) is 5.91 Å². The second kappa shape index (κ2) is 9.99. The van der Waals surface area contributed by atoms with Crippen LogP contribution in [0.1, 0.15) is 60.2 Å². The zero-order valence-corrected chi connectivity index (χ0v) is 20.6. The number of nitrogens with zero attached hydrogens (tertiary/aromatic N) is 1. The van der Waals surface area contributed by atoms with Gasteiger partial charge in [0, 0.05) is 29.9 Å². The van der Waals surface area contributed by atoms with Gasteiger partial charge in [-0.3, -0.25) is 9.69 Å². The number of carboxylic acid groups (broad SMARTS) is 1. The van der Waals surface area contributed by atoms with Crippen molar-refractivity contribution in [3.05, 3.63) is 95.1 Å². The number of carbonyl (C=O) groups excluding carboxylic acids is 1. The van der Waals surface area contributed by atoms with Gasteiger partial charge >= 0.3 is 5.97 Å². The van der Waals surface area contributed by atoms with Crippen LogP contribution in [0.2, 0.25) is 0 Å². The Kier molecular flexibility index (Phi) is 6.61. The molecular weight excluding hydrogens is 450 g/mol. The number of carboxylic acids is 1. The molecule has 0 aromatic heterocycles. The van der Waals surface area contributed by atoms with Crippen molar-refractivity contribution in [2.75, 3.05) is 10.6 Å². The van der Waals surface area contributed by atoms with Gasteiger partial charge in [-0.05, 0) is 62.1 Å². The molecule has 2 unspecified atom stereocenters. The predicted molar refractivity (Wildman–Crippen MR) is 144 cm³/mol. The largest absolute Gasteiger partial charge is 0.478 e. The molecule has 184 valence electrons. The summed E-state index contributed by atoms with van der Waals surface area (Å²) < 4.78 is 0. The number of aromatic carboxylic acids is 1. The summed E-state index contributed by atoms with van der Waals surface area (Å²) in [6.45, 7) is 5.55. The van der Waals surface area contributed by atoms with Gasteiger partial charge < -0.3 is 15.7 Å². The molecule has 36 heavy (non-hydrogen) atoms. The number of hydrogen-bond acceptors (Lipinski definition) is 4. The van der Waals surface area contributed by atoms with E-state index in [2.05, 4.69) is 53.6 Å². The topological polar surface area (TPSA) is 81.7 Å². The lowest BCUT2D eigenvalue weighted by Gasteiger charge is -2.39. The van der Waals surface area contributed by atoms with E-state index in [4.69, 9.17) is 0 Å². The van der Waals surface area contributed by atoms with Crippen LogP contribution in [0.5, 0.6) is 0 Å². The van der Waals surface area contributed by atoms with Crippen molar-refractivity contribution in [3.63, 3.8) is 0 Å². The lowest BCUT2D eigenvalue weighted by Crippen LogP contribution is -2.42. The molecule has 0 spiro atoms. The lowest BCUT2D eigenvalue weighted by molar-refractivity contribution is -0.110. The Labute approximate surface area is 211 Å². The van der Waals surface area contributed by atoms with E-state index in [1.807, 2.05) is 30.3 Å². The molecule has 0 saturated carbocycles. The third-order valence-electron chi connectivity index (χ3n) is 7.29. The highest BCUT2D eigenvalue weighted by atomic mass is 16.4. The summed E-state index contributed by atoms with van der Waals surface area (Å²) in [6.07, 6.45) is 3.79. The highest BCUT2D eigenvalue weighted by Gasteiger charge is 2.29.